The van der Waals surface area contributed by atoms with Crippen LogP contribution in [0.2, 0.25) is 0 Å². The van der Waals surface area contributed by atoms with Crippen molar-refractivity contribution in [2.24, 2.45) is 44.3 Å². The average molecular weight is 1620 g/mol. The minimum atomic E-state index is -1.19. The van der Waals surface area contributed by atoms with Crippen LogP contribution in [0.4, 0.5) is 16.2 Å². The Hall–Kier alpha value is -11.0. The minimum absolute atomic E-state index is 0.0454. The number of benzene rings is 6. The number of hydrogen-bond acceptors (Lipinski definition) is 20. The first-order valence-corrected chi connectivity index (χ1v) is 40.5. The second-order valence-electron chi connectivity index (χ2n) is 32.2. The molecule has 1 unspecified atom stereocenters. The number of aliphatic hydroxyl groups is 1. The van der Waals surface area contributed by atoms with E-state index in [1.807, 2.05) is 80.2 Å². The fourth-order valence-corrected chi connectivity index (χ4v) is 17.9. The summed E-state index contributed by atoms with van der Waals surface area (Å²) >= 11 is 1.87. The highest BCUT2D eigenvalue weighted by atomic mass is 32.2. The predicted molar refractivity (Wildman–Crippen MR) is 453 cm³/mol. The number of phenols is 2. The molecule has 6 aromatic carbocycles. The number of carbonyl (C=O) groups excluding carboxylic acids is 4. The maximum Gasteiger partial charge on any atom is 0.337 e. The summed E-state index contributed by atoms with van der Waals surface area (Å²) in [4.78, 5) is 111. The Balaban J connectivity index is 0.000000146. The molecule has 622 valence electrons. The third-order valence-corrected chi connectivity index (χ3v) is 24.4. The number of aromatic carboxylic acids is 1. The number of rotatable bonds is 18. The molecule has 7 heterocycles. The quantitative estimate of drug-likeness (QED) is 0.0310. The van der Waals surface area contributed by atoms with Gasteiger partial charge in [0.15, 0.2) is 34.6 Å². The maximum atomic E-state index is 12.7. The van der Waals surface area contributed by atoms with Crippen LogP contribution < -0.4 is 36.3 Å². The highest BCUT2D eigenvalue weighted by molar-refractivity contribution is 7.99. The van der Waals surface area contributed by atoms with E-state index in [0.717, 1.165) is 89.1 Å². The second-order valence-corrected chi connectivity index (χ2v) is 33.3. The van der Waals surface area contributed by atoms with Gasteiger partial charge < -0.3 is 54.3 Å². The second kappa shape index (κ2) is 38.0. The number of aromatic nitrogens is 5. The van der Waals surface area contributed by atoms with Gasteiger partial charge in [-0.2, -0.15) is 0 Å². The summed E-state index contributed by atoms with van der Waals surface area (Å²) < 4.78 is 15.2. The molecule has 2 saturated heterocycles. The molecule has 3 aromatic heterocycles. The van der Waals surface area contributed by atoms with Crippen molar-refractivity contribution in [3.8, 4) is 23.0 Å². The van der Waals surface area contributed by atoms with Gasteiger partial charge in [0, 0.05) is 87.0 Å². The zero-order valence-corrected chi connectivity index (χ0v) is 70.1. The van der Waals surface area contributed by atoms with Crippen LogP contribution in [0, 0.1) is 23.2 Å². The summed E-state index contributed by atoms with van der Waals surface area (Å²) in [5.74, 6) is 0.553. The number of urea groups is 1. The standard InChI is InChI=1S/C20H23NO4.C17H20N2S.C14H23NO.C14H14O3.C11H16N2O3.C8H10N4O2.C6H5NO2/c22-13-4-3-12-9-15-20(24)6-5-14(23)18-19(20,16(12)17(13)25-18)7-8-21(15)10-11-1-2-11;1-13(18(2)3)12-19-14-8-4-6-10-16(14)20-17-11-7-5-9-15(17)19;1-5-14(11(2)10-15(3)4)12-7-6-8-13(16)9-12;1-9(14(15)16)10-3-4-12-8-13(17-2)6-5-11(12)7-10;1-4-5-11(6-7(2)3)8(14)12-10(16)13-9(11)15;1-10-4-9-6-5(10)7(13)12(3)8(14)11(6)2;8-6(9)5-2-1-3-7-4-5/h3-4,11,15,18,22,24H,1-2,5-10H2;4-11,13H,12H2,1-3H3;6-9,11,14,16H,5,10H2,1-4H3;3-9H,1-2H3,(H,15,16);4,7H,1,5-6H2,2-3H3,(H2,12,13,14,15,16);4H,1-3H3;1-4H,(H,8,9)/t15-,18+,19+,20-;;11-,14+;9-;;;/m1.00.../s1. The number of carboxylic acids is 2. The first-order chi connectivity index (χ1) is 55.6. The van der Waals surface area contributed by atoms with Crippen molar-refractivity contribution in [3.05, 3.63) is 213 Å². The third-order valence-electron chi connectivity index (χ3n) is 23.2. The Labute approximate surface area is 687 Å². The number of amides is 4. The third kappa shape index (κ3) is 19.4. The molecule has 16 rings (SSSR count). The molecule has 8 atom stereocenters. The molecule has 3 aliphatic carbocycles. The van der Waals surface area contributed by atoms with Crippen LogP contribution in [0.3, 0.4) is 0 Å². The van der Waals surface area contributed by atoms with E-state index < -0.39 is 58.2 Å². The number of ketones is 1. The molecule has 4 aliphatic heterocycles. The zero-order valence-electron chi connectivity index (χ0n) is 69.3. The number of phenolic OH excluding ortho intramolecular Hbond substituents is 2. The molecule has 4 amide bonds. The molecule has 27 heteroatoms. The summed E-state index contributed by atoms with van der Waals surface area (Å²) in [5, 5.41) is 55.5. The number of carboxylic acid groups (broad SMARTS) is 2. The smallest absolute Gasteiger partial charge is 0.337 e. The molecule has 4 fully saturated rings. The van der Waals surface area contributed by atoms with E-state index in [1.165, 1.54) is 82.0 Å². The molecule has 117 heavy (non-hydrogen) atoms. The molecule has 0 radical (unpaired) electrons. The number of likely N-dealkylation sites (N-methyl/N-ethyl adjacent to an activating group) is 1. The number of allylic oxidation sites excluding steroid dienone is 1. The summed E-state index contributed by atoms with van der Waals surface area (Å²) in [7, 11) is 14.9. The number of aromatic hydroxyl groups is 2. The number of aliphatic carboxylic acids is 1. The lowest BCUT2D eigenvalue weighted by Crippen LogP contribution is -2.76. The lowest BCUT2D eigenvalue weighted by atomic mass is 9.49. The van der Waals surface area contributed by atoms with E-state index in [4.69, 9.17) is 19.7 Å². The predicted octanol–water partition coefficient (Wildman–Crippen LogP) is 12.6. The normalized spacial score (nSPS) is 19.9. The van der Waals surface area contributed by atoms with Gasteiger partial charge in [-0.1, -0.05) is 112 Å². The number of pyridine rings is 1. The Morgan fingerprint density at radius 1 is 0.786 bits per heavy atom. The van der Waals surface area contributed by atoms with E-state index in [1.54, 1.807) is 50.9 Å². The van der Waals surface area contributed by atoms with Crippen molar-refractivity contribution in [1.29, 1.82) is 0 Å². The van der Waals surface area contributed by atoms with Gasteiger partial charge in [0.05, 0.1) is 47.3 Å². The Bertz CT molecular complexity index is 5170. The topological polar surface area (TPSA) is 334 Å². The lowest BCUT2D eigenvalue weighted by molar-refractivity contribution is -0.188. The molecule has 26 nitrogen and oxygen atoms in total. The molecule has 9 aromatic rings. The molecule has 7 aliphatic rings. The number of fused-ring (bicyclic) bond motifs is 4. The number of likely N-dealkylation sites (tertiary alicyclic amines) is 1. The number of nitrogens with one attached hydrogen (secondary N) is 2. The molecule has 7 N–H and O–H groups in total. The minimum Gasteiger partial charge on any atom is -0.508 e. The van der Waals surface area contributed by atoms with Gasteiger partial charge in [-0.25, -0.2) is 19.4 Å². The molecular formula is C90H111N11O15S. The van der Waals surface area contributed by atoms with E-state index >= 15 is 0 Å². The summed E-state index contributed by atoms with van der Waals surface area (Å²) in [6.45, 7) is 19.9. The van der Waals surface area contributed by atoms with Crippen LogP contribution in [0.25, 0.3) is 21.9 Å². The lowest BCUT2D eigenvalue weighted by Gasteiger charge is -2.62. The zero-order chi connectivity index (χ0) is 85.1. The van der Waals surface area contributed by atoms with Crippen molar-refractivity contribution in [2.75, 3.05) is 66.4 Å². The monoisotopic (exact) mass is 1620 g/mol. The average Bonchev–Trinajstić information content (AvgIpc) is 1.54. The Morgan fingerprint density at radius 3 is 2.02 bits per heavy atom. The van der Waals surface area contributed by atoms with Crippen LogP contribution in [0.1, 0.15) is 137 Å². The van der Waals surface area contributed by atoms with E-state index in [-0.39, 0.29) is 46.7 Å². The number of piperidine rings is 1. The Kier molecular flexibility index (Phi) is 28.7. The number of barbiturate groups is 1. The first-order valence-electron chi connectivity index (χ1n) is 39.7. The van der Waals surface area contributed by atoms with Crippen molar-refractivity contribution in [3.63, 3.8) is 0 Å². The molecular weight excluding hydrogens is 1510 g/mol. The fourth-order valence-electron chi connectivity index (χ4n) is 16.8. The Morgan fingerprint density at radius 2 is 1.44 bits per heavy atom. The van der Waals surface area contributed by atoms with Crippen molar-refractivity contribution in [2.45, 2.75) is 150 Å². The number of nitrogens with zero attached hydrogens (tertiary/aromatic N) is 9. The summed E-state index contributed by atoms with van der Waals surface area (Å²) in [6, 6.07) is 43.0. The first kappa shape index (κ1) is 88.4. The molecule has 1 spiro atoms. The van der Waals surface area contributed by atoms with Gasteiger partial charge in [0.1, 0.15) is 16.9 Å². The van der Waals surface area contributed by atoms with Crippen molar-refractivity contribution < 1.29 is 63.8 Å². The van der Waals surface area contributed by atoms with E-state index in [2.05, 4.69) is 150 Å². The summed E-state index contributed by atoms with van der Waals surface area (Å²) in [5.41, 5.74) is 4.37. The number of methoxy groups -OCH3 is 1. The number of imide groups is 2. The van der Waals surface area contributed by atoms with Crippen LogP contribution >= 0.6 is 11.8 Å². The highest BCUT2D eigenvalue weighted by Crippen LogP contribution is 2.65. The SMILES string of the molecule is C=CCC1(CC(C)C)C(=O)NC(=O)NC1=O.CC(CN1c2ccccc2Sc2ccccc21)N(C)C.CC[C@@H](c1cccc(O)c1)[C@@H](C)CN(C)C.COc1ccc2cc([C@H](C)C(=O)O)ccc2c1.Cn1c(=O)c2c(ncn2C)n(C)c1=O.O=C(O)c1cccnc1.O=C1CC[C@@]2(O)[C@H]3Cc4ccc(O)c5c4[C@@]2(CCN3CC2CC2)[C@H]1O5. The number of ether oxygens (including phenoxy) is 2. The van der Waals surface area contributed by atoms with Gasteiger partial charge >= 0.3 is 23.7 Å². The molecule has 2 bridgehead atoms. The fraction of sp³-hybridized carbons (Fsp3) is 0.422. The number of anilines is 2. The van der Waals surface area contributed by atoms with Crippen molar-refractivity contribution in [1.82, 2.24) is 49.0 Å². The van der Waals surface area contributed by atoms with Gasteiger partial charge in [-0.3, -0.25) is 53.6 Å². The number of hydrogen-bond donors (Lipinski definition) is 7. The largest absolute Gasteiger partial charge is 0.508 e. The maximum absolute atomic E-state index is 12.7. The number of imidazole rings is 1. The van der Waals surface area contributed by atoms with Gasteiger partial charge in [-0.15, -0.1) is 6.58 Å². The summed E-state index contributed by atoms with van der Waals surface area (Å²) in [6.07, 6.45) is 11.9. The number of para-hydroxylation sites is 2. The number of Topliss-reactive ketones (excluding diaryl/α,β-unsaturated/α-hetero) is 1. The van der Waals surface area contributed by atoms with Gasteiger partial charge in [0.2, 0.25) is 11.8 Å². The molecule has 2 saturated carbocycles. The van der Waals surface area contributed by atoms with Crippen LogP contribution in [0.15, 0.2) is 184 Å². The van der Waals surface area contributed by atoms with Gasteiger partial charge in [0.25, 0.3) is 5.56 Å². The van der Waals surface area contributed by atoms with E-state index in [9.17, 15) is 53.7 Å². The van der Waals surface area contributed by atoms with Crippen molar-refractivity contribution >= 4 is 80.6 Å². The highest BCUT2D eigenvalue weighted by Gasteiger charge is 2.73. The number of carbonyl (C=O) groups is 6. The van der Waals surface area contributed by atoms with Crippen LogP contribution in [0.5, 0.6) is 23.0 Å². The van der Waals surface area contributed by atoms with Crippen LogP contribution in [-0.2, 0) is 52.2 Å². The van der Waals surface area contributed by atoms with E-state index in [0.29, 0.717) is 59.8 Å². The van der Waals surface area contributed by atoms with Gasteiger partial charge in [-0.05, 0) is 218 Å². The number of aryl methyl sites for hydroxylation is 2. The van der Waals surface area contributed by atoms with Crippen LogP contribution in [-0.4, -0.2) is 185 Å².